The molecule has 132 valence electrons. The van der Waals surface area contributed by atoms with Gasteiger partial charge in [-0.25, -0.2) is 0 Å². The SMILES string of the molecule is CC(NC(=O)C(F)(F)F)C(=O)NC1Cc2c([nH]c3ccccc23)C1=O. The topological polar surface area (TPSA) is 91.1 Å². The Hall–Kier alpha value is -2.84. The van der Waals surface area contributed by atoms with Gasteiger partial charge in [-0.1, -0.05) is 18.2 Å². The molecule has 1 aromatic carbocycles. The highest BCUT2D eigenvalue weighted by Gasteiger charge is 2.41. The number of Topliss-reactive ketones (excluding diaryl/α,β-unsaturated/α-hetero) is 1. The van der Waals surface area contributed by atoms with E-state index in [1.54, 1.807) is 5.32 Å². The molecule has 0 spiro atoms. The second-order valence-electron chi connectivity index (χ2n) is 5.85. The molecule has 0 bridgehead atoms. The Morgan fingerprint density at radius 3 is 2.64 bits per heavy atom. The van der Waals surface area contributed by atoms with Crippen LogP contribution in [0.15, 0.2) is 24.3 Å². The van der Waals surface area contributed by atoms with Gasteiger partial charge in [0, 0.05) is 17.3 Å². The Bertz CT molecular complexity index is 872. The number of alkyl halides is 3. The van der Waals surface area contributed by atoms with Crippen molar-refractivity contribution in [2.24, 2.45) is 0 Å². The lowest BCUT2D eigenvalue weighted by Gasteiger charge is -2.18. The molecule has 1 aliphatic rings. The molecule has 9 heteroatoms. The van der Waals surface area contributed by atoms with Gasteiger partial charge in [-0.15, -0.1) is 0 Å². The molecular formula is C16H14F3N3O3. The highest BCUT2D eigenvalue weighted by atomic mass is 19.4. The first-order valence-corrected chi connectivity index (χ1v) is 7.50. The Kier molecular flexibility index (Phi) is 4.02. The van der Waals surface area contributed by atoms with Gasteiger partial charge in [0.15, 0.2) is 0 Å². The van der Waals surface area contributed by atoms with Gasteiger partial charge in [0.1, 0.15) is 6.04 Å². The molecular weight excluding hydrogens is 339 g/mol. The van der Waals surface area contributed by atoms with Gasteiger partial charge in [-0.05, 0) is 18.6 Å². The van der Waals surface area contributed by atoms with Crippen molar-refractivity contribution in [1.29, 1.82) is 0 Å². The highest BCUT2D eigenvalue weighted by Crippen LogP contribution is 2.30. The minimum atomic E-state index is -5.08. The first-order valence-electron chi connectivity index (χ1n) is 7.50. The molecule has 2 aromatic rings. The van der Waals surface area contributed by atoms with E-state index < -0.39 is 30.1 Å². The number of benzene rings is 1. The number of carbonyl (C=O) groups excluding carboxylic acids is 3. The monoisotopic (exact) mass is 353 g/mol. The summed E-state index contributed by atoms with van der Waals surface area (Å²) >= 11 is 0. The maximum atomic E-state index is 12.4. The van der Waals surface area contributed by atoms with Crippen molar-refractivity contribution in [2.45, 2.75) is 31.6 Å². The van der Waals surface area contributed by atoms with Gasteiger partial charge in [0.25, 0.3) is 0 Å². The lowest BCUT2D eigenvalue weighted by molar-refractivity contribution is -0.174. The number of amides is 2. The molecule has 0 fully saturated rings. The first-order chi connectivity index (χ1) is 11.7. The van der Waals surface area contributed by atoms with Crippen LogP contribution in [0.5, 0.6) is 0 Å². The van der Waals surface area contributed by atoms with Crippen molar-refractivity contribution in [1.82, 2.24) is 15.6 Å². The number of aromatic nitrogens is 1. The van der Waals surface area contributed by atoms with E-state index in [-0.39, 0.29) is 12.2 Å². The number of hydrogen-bond donors (Lipinski definition) is 3. The normalized spacial score (nSPS) is 18.1. The van der Waals surface area contributed by atoms with Crippen LogP contribution in [-0.2, 0) is 16.0 Å². The largest absolute Gasteiger partial charge is 0.471 e. The van der Waals surface area contributed by atoms with Crippen molar-refractivity contribution >= 4 is 28.5 Å². The number of carbonyl (C=O) groups is 3. The molecule has 1 aliphatic carbocycles. The molecule has 2 unspecified atom stereocenters. The van der Waals surface area contributed by atoms with E-state index in [0.717, 1.165) is 23.4 Å². The third-order valence-corrected chi connectivity index (χ3v) is 4.10. The zero-order valence-corrected chi connectivity index (χ0v) is 13.0. The summed E-state index contributed by atoms with van der Waals surface area (Å²) in [6.45, 7) is 1.12. The second-order valence-corrected chi connectivity index (χ2v) is 5.85. The van der Waals surface area contributed by atoms with E-state index in [0.29, 0.717) is 5.69 Å². The fourth-order valence-corrected chi connectivity index (χ4v) is 2.85. The van der Waals surface area contributed by atoms with Crippen LogP contribution in [0.2, 0.25) is 0 Å². The number of ketones is 1. The molecule has 2 amide bonds. The van der Waals surface area contributed by atoms with E-state index in [2.05, 4.69) is 10.3 Å². The Morgan fingerprint density at radius 2 is 1.96 bits per heavy atom. The van der Waals surface area contributed by atoms with Crippen LogP contribution in [0, 0.1) is 0 Å². The third-order valence-electron chi connectivity index (χ3n) is 4.10. The number of hydrogen-bond acceptors (Lipinski definition) is 3. The van der Waals surface area contributed by atoms with E-state index >= 15 is 0 Å². The quantitative estimate of drug-likeness (QED) is 0.780. The number of halogens is 3. The summed E-state index contributed by atoms with van der Waals surface area (Å²) in [6.07, 6.45) is -4.84. The maximum Gasteiger partial charge on any atom is 0.471 e. The molecule has 1 aromatic heterocycles. The van der Waals surface area contributed by atoms with Crippen LogP contribution >= 0.6 is 0 Å². The van der Waals surface area contributed by atoms with Gasteiger partial charge in [-0.2, -0.15) is 13.2 Å². The average Bonchev–Trinajstić information content (AvgIpc) is 3.04. The number of nitrogens with one attached hydrogen (secondary N) is 3. The fourth-order valence-electron chi connectivity index (χ4n) is 2.85. The van der Waals surface area contributed by atoms with Crippen LogP contribution in [-0.4, -0.2) is 40.8 Å². The predicted octanol–water partition coefficient (Wildman–Crippen LogP) is 1.46. The molecule has 6 nitrogen and oxygen atoms in total. The second kappa shape index (κ2) is 5.91. The Morgan fingerprint density at radius 1 is 1.28 bits per heavy atom. The van der Waals surface area contributed by atoms with Crippen LogP contribution in [0.3, 0.4) is 0 Å². The van der Waals surface area contributed by atoms with Gasteiger partial charge < -0.3 is 15.6 Å². The Labute approximate surface area is 139 Å². The third kappa shape index (κ3) is 3.09. The van der Waals surface area contributed by atoms with Gasteiger partial charge in [-0.3, -0.25) is 14.4 Å². The molecule has 0 radical (unpaired) electrons. The van der Waals surface area contributed by atoms with E-state index in [1.807, 2.05) is 24.3 Å². The molecule has 2 atom stereocenters. The van der Waals surface area contributed by atoms with E-state index in [4.69, 9.17) is 0 Å². The van der Waals surface area contributed by atoms with Crippen molar-refractivity contribution in [3.05, 3.63) is 35.5 Å². The van der Waals surface area contributed by atoms with Crippen LogP contribution in [0.4, 0.5) is 13.2 Å². The molecule has 0 saturated heterocycles. The lowest BCUT2D eigenvalue weighted by atomic mass is 10.1. The summed E-state index contributed by atoms with van der Waals surface area (Å²) in [4.78, 5) is 38.2. The molecule has 3 N–H and O–H groups in total. The highest BCUT2D eigenvalue weighted by molar-refractivity contribution is 6.10. The molecule has 0 aliphatic heterocycles. The lowest BCUT2D eigenvalue weighted by Crippen LogP contribution is -2.52. The zero-order chi connectivity index (χ0) is 18.4. The van der Waals surface area contributed by atoms with Gasteiger partial charge >= 0.3 is 12.1 Å². The maximum absolute atomic E-state index is 12.4. The molecule has 25 heavy (non-hydrogen) atoms. The number of rotatable bonds is 3. The summed E-state index contributed by atoms with van der Waals surface area (Å²) in [5, 5.41) is 4.81. The van der Waals surface area contributed by atoms with Gasteiger partial charge in [0.05, 0.1) is 11.7 Å². The summed E-state index contributed by atoms with van der Waals surface area (Å²) in [7, 11) is 0. The minimum Gasteiger partial charge on any atom is -0.352 e. The van der Waals surface area contributed by atoms with Crippen LogP contribution in [0.1, 0.15) is 23.0 Å². The molecule has 0 saturated carbocycles. The zero-order valence-electron chi connectivity index (χ0n) is 13.0. The number of aromatic amines is 1. The molecule has 1 heterocycles. The predicted molar refractivity (Wildman–Crippen MR) is 81.9 cm³/mol. The minimum absolute atomic E-state index is 0.240. The fraction of sp³-hybridized carbons (Fsp3) is 0.312. The number of H-pyrrole nitrogens is 1. The first kappa shape index (κ1) is 17.0. The van der Waals surface area contributed by atoms with Crippen LogP contribution in [0.25, 0.3) is 10.9 Å². The summed E-state index contributed by atoms with van der Waals surface area (Å²) < 4.78 is 36.7. The summed E-state index contributed by atoms with van der Waals surface area (Å²) in [5.41, 5.74) is 1.95. The van der Waals surface area contributed by atoms with Crippen LogP contribution < -0.4 is 10.6 Å². The average molecular weight is 353 g/mol. The van der Waals surface area contributed by atoms with E-state index in [9.17, 15) is 27.6 Å². The smallest absolute Gasteiger partial charge is 0.352 e. The summed E-state index contributed by atoms with van der Waals surface area (Å²) in [6, 6.07) is 5.02. The Balaban J connectivity index is 1.69. The van der Waals surface area contributed by atoms with Crippen molar-refractivity contribution in [3.63, 3.8) is 0 Å². The van der Waals surface area contributed by atoms with Crippen molar-refractivity contribution in [2.75, 3.05) is 0 Å². The van der Waals surface area contributed by atoms with Gasteiger partial charge in [0.2, 0.25) is 11.7 Å². The number of para-hydroxylation sites is 1. The van der Waals surface area contributed by atoms with E-state index in [1.165, 1.54) is 0 Å². The van der Waals surface area contributed by atoms with Crippen molar-refractivity contribution < 1.29 is 27.6 Å². The standard InChI is InChI=1S/C16H14F3N3O3/c1-7(20-15(25)16(17,18)19)14(24)22-11-6-9-8-4-2-3-5-10(8)21-12(9)13(11)23/h2-5,7,11,21H,6H2,1H3,(H,20,25)(H,22,24). The number of fused-ring (bicyclic) bond motifs is 3. The summed E-state index contributed by atoms with van der Waals surface area (Å²) in [5.74, 6) is -3.40. The van der Waals surface area contributed by atoms with Crippen molar-refractivity contribution in [3.8, 4) is 0 Å². The molecule has 3 rings (SSSR count).